The predicted molar refractivity (Wildman–Crippen MR) is 241 cm³/mol. The van der Waals surface area contributed by atoms with Gasteiger partial charge in [0.25, 0.3) is 0 Å². The van der Waals surface area contributed by atoms with Crippen molar-refractivity contribution >= 4 is 77.2 Å². The van der Waals surface area contributed by atoms with Crippen molar-refractivity contribution in [2.24, 2.45) is 9.98 Å². The largest absolute Gasteiger partial charge is 0.294 e. The summed E-state index contributed by atoms with van der Waals surface area (Å²) in [4.78, 5) is 20.2. The van der Waals surface area contributed by atoms with Gasteiger partial charge < -0.3 is 0 Å². The number of nitrogens with zero attached hydrogens (tertiary/aromatic N) is 6. The van der Waals surface area contributed by atoms with Crippen molar-refractivity contribution in [1.82, 2.24) is 19.1 Å². The molecule has 2 aliphatic heterocycles. The maximum atomic E-state index is 5.07. The van der Waals surface area contributed by atoms with Crippen LogP contribution in [0.2, 0.25) is 0 Å². The standard InChI is InChI=1S/C48H44N6S2/c1-45(2)47(5,6)55-43(51-45)31-19-23-41(49-27-31)53-37-15-11-9-13-33(37)35-25-29(17-21-39(35)53)30-18-22-40-36(26-30)34-14-10-12-16-38(34)54(40)42-24-20-32(28-50-42)44-52-46(3,4)48(7,8)56-44/h9-28H,1-8H3. The highest BCUT2D eigenvalue weighted by Crippen LogP contribution is 2.48. The van der Waals surface area contributed by atoms with Crippen LogP contribution in [0.4, 0.5) is 0 Å². The van der Waals surface area contributed by atoms with Crippen LogP contribution >= 0.6 is 23.5 Å². The fraction of sp³-hybridized carbons (Fsp3) is 0.250. The summed E-state index contributed by atoms with van der Waals surface area (Å²) in [5, 5.41) is 6.93. The van der Waals surface area contributed by atoms with Gasteiger partial charge in [-0.25, -0.2) is 9.97 Å². The summed E-state index contributed by atoms with van der Waals surface area (Å²) in [6, 6.07) is 39.5. The highest BCUT2D eigenvalue weighted by atomic mass is 32.2. The molecule has 56 heavy (non-hydrogen) atoms. The molecular formula is C48H44N6S2. The van der Waals surface area contributed by atoms with E-state index >= 15 is 0 Å². The van der Waals surface area contributed by atoms with Crippen LogP contribution in [0.25, 0.3) is 66.4 Å². The molecule has 8 heteroatoms. The molecular weight excluding hydrogens is 725 g/mol. The number of thioether (sulfide) groups is 2. The first-order valence-corrected chi connectivity index (χ1v) is 20.9. The van der Waals surface area contributed by atoms with Gasteiger partial charge in [-0.05, 0) is 127 Å². The zero-order chi connectivity index (χ0) is 38.8. The summed E-state index contributed by atoms with van der Waals surface area (Å²) in [5.74, 6) is 1.79. The Labute approximate surface area is 336 Å². The van der Waals surface area contributed by atoms with Gasteiger partial charge in [0.05, 0.1) is 33.1 Å². The molecule has 10 rings (SSSR count). The Balaban J connectivity index is 1.03. The van der Waals surface area contributed by atoms with E-state index in [-0.39, 0.29) is 20.6 Å². The molecule has 6 nitrogen and oxygen atoms in total. The lowest BCUT2D eigenvalue weighted by Crippen LogP contribution is -2.36. The smallest absolute Gasteiger partial charge is 0.137 e. The maximum Gasteiger partial charge on any atom is 0.137 e. The van der Waals surface area contributed by atoms with Crippen molar-refractivity contribution in [3.05, 3.63) is 133 Å². The van der Waals surface area contributed by atoms with Crippen LogP contribution < -0.4 is 0 Å². The molecule has 6 heterocycles. The number of aromatic nitrogens is 4. The number of hydrogen-bond acceptors (Lipinski definition) is 6. The number of benzene rings is 4. The fourth-order valence-corrected chi connectivity index (χ4v) is 10.5. The van der Waals surface area contributed by atoms with Gasteiger partial charge in [-0.2, -0.15) is 0 Å². The second-order valence-electron chi connectivity index (χ2n) is 17.2. The second kappa shape index (κ2) is 12.2. The number of hydrogen-bond donors (Lipinski definition) is 0. The average molecular weight is 769 g/mol. The van der Waals surface area contributed by atoms with E-state index in [1.807, 2.05) is 35.9 Å². The Morgan fingerprint density at radius 2 is 0.786 bits per heavy atom. The Morgan fingerprint density at radius 3 is 1.14 bits per heavy atom. The zero-order valence-corrected chi connectivity index (χ0v) is 34.7. The summed E-state index contributed by atoms with van der Waals surface area (Å²) < 4.78 is 4.61. The van der Waals surface area contributed by atoms with Crippen LogP contribution in [0, 0.1) is 0 Å². The van der Waals surface area contributed by atoms with E-state index in [2.05, 4.69) is 174 Å². The van der Waals surface area contributed by atoms with E-state index in [0.29, 0.717) is 0 Å². The molecule has 4 aromatic carbocycles. The van der Waals surface area contributed by atoms with E-state index < -0.39 is 0 Å². The normalized spacial score (nSPS) is 18.3. The van der Waals surface area contributed by atoms with Gasteiger partial charge in [-0.1, -0.05) is 72.1 Å². The second-order valence-corrected chi connectivity index (χ2v) is 20.4. The monoisotopic (exact) mass is 768 g/mol. The molecule has 0 amide bonds. The summed E-state index contributed by atoms with van der Waals surface area (Å²) in [7, 11) is 0. The number of para-hydroxylation sites is 2. The van der Waals surface area contributed by atoms with Crippen molar-refractivity contribution in [2.75, 3.05) is 0 Å². The molecule has 0 saturated heterocycles. The molecule has 0 bridgehead atoms. The zero-order valence-electron chi connectivity index (χ0n) is 33.0. The van der Waals surface area contributed by atoms with Crippen LogP contribution in [0.5, 0.6) is 0 Å². The van der Waals surface area contributed by atoms with E-state index in [9.17, 15) is 0 Å². The molecule has 2 aliphatic rings. The van der Waals surface area contributed by atoms with Gasteiger partial charge in [0, 0.05) is 54.6 Å². The van der Waals surface area contributed by atoms with Crippen LogP contribution in [-0.2, 0) is 0 Å². The number of pyridine rings is 2. The first-order valence-electron chi connectivity index (χ1n) is 19.3. The van der Waals surface area contributed by atoms with E-state index in [0.717, 1.165) is 54.9 Å². The molecule has 0 N–H and O–H groups in total. The molecule has 8 aromatic rings. The van der Waals surface area contributed by atoms with Crippen LogP contribution in [-0.4, -0.2) is 49.8 Å². The van der Waals surface area contributed by atoms with Crippen LogP contribution in [0.1, 0.15) is 66.5 Å². The lowest BCUT2D eigenvalue weighted by atomic mass is 9.91. The molecule has 0 atom stereocenters. The van der Waals surface area contributed by atoms with Crippen molar-refractivity contribution in [1.29, 1.82) is 0 Å². The SMILES string of the molecule is CC1(C)N=C(c2ccc(-n3c4ccccc4c4cc(-c5ccc6c(c5)c5ccccc5n6-c5ccc(C6=NC(C)(C)C(C)(C)S6)cn5)ccc43)nc2)SC1(C)C. The van der Waals surface area contributed by atoms with Gasteiger partial charge >= 0.3 is 0 Å². The van der Waals surface area contributed by atoms with Crippen LogP contribution in [0.15, 0.2) is 132 Å². The summed E-state index contributed by atoms with van der Waals surface area (Å²) in [6.45, 7) is 17.9. The first-order chi connectivity index (χ1) is 26.7. The summed E-state index contributed by atoms with van der Waals surface area (Å²) >= 11 is 3.67. The molecule has 0 fully saturated rings. The molecule has 0 radical (unpaired) electrons. The highest BCUT2D eigenvalue weighted by molar-refractivity contribution is 8.16. The Morgan fingerprint density at radius 1 is 0.411 bits per heavy atom. The van der Waals surface area contributed by atoms with E-state index in [1.165, 1.54) is 32.7 Å². The van der Waals surface area contributed by atoms with Crippen molar-refractivity contribution in [3.8, 4) is 22.8 Å². The Bertz CT molecular complexity index is 2760. The van der Waals surface area contributed by atoms with Gasteiger partial charge in [-0.15, -0.1) is 0 Å². The minimum absolute atomic E-state index is 0.0247. The van der Waals surface area contributed by atoms with Crippen molar-refractivity contribution < 1.29 is 0 Å². The summed E-state index contributed by atoms with van der Waals surface area (Å²) in [5.41, 5.74) is 8.74. The minimum Gasteiger partial charge on any atom is -0.294 e. The molecule has 278 valence electrons. The lowest BCUT2D eigenvalue weighted by molar-refractivity contribution is 0.426. The Hall–Kier alpha value is -5.18. The van der Waals surface area contributed by atoms with Crippen molar-refractivity contribution in [2.45, 2.75) is 76.0 Å². The van der Waals surface area contributed by atoms with E-state index in [1.54, 1.807) is 0 Å². The lowest BCUT2D eigenvalue weighted by Gasteiger charge is -2.30. The number of fused-ring (bicyclic) bond motifs is 6. The minimum atomic E-state index is -0.137. The van der Waals surface area contributed by atoms with Gasteiger partial charge in [0.15, 0.2) is 0 Å². The molecule has 0 aliphatic carbocycles. The fourth-order valence-electron chi connectivity index (χ4n) is 7.89. The van der Waals surface area contributed by atoms with Gasteiger partial charge in [0.1, 0.15) is 21.7 Å². The van der Waals surface area contributed by atoms with Gasteiger partial charge in [0.2, 0.25) is 0 Å². The third kappa shape index (κ3) is 5.32. The quantitative estimate of drug-likeness (QED) is 0.175. The third-order valence-electron chi connectivity index (χ3n) is 12.5. The topological polar surface area (TPSA) is 60.4 Å². The maximum absolute atomic E-state index is 5.07. The van der Waals surface area contributed by atoms with Crippen molar-refractivity contribution in [3.63, 3.8) is 0 Å². The van der Waals surface area contributed by atoms with Gasteiger partial charge in [-0.3, -0.25) is 19.1 Å². The third-order valence-corrected chi connectivity index (χ3v) is 15.6. The number of aliphatic imine (C=N–C) groups is 2. The number of rotatable bonds is 5. The predicted octanol–water partition coefficient (Wildman–Crippen LogP) is 12.4. The molecule has 0 unspecified atom stereocenters. The average Bonchev–Trinajstić information content (AvgIpc) is 3.83. The Kier molecular flexibility index (Phi) is 7.65. The van der Waals surface area contributed by atoms with E-state index in [4.69, 9.17) is 20.0 Å². The first kappa shape index (κ1) is 35.2. The summed E-state index contributed by atoms with van der Waals surface area (Å²) in [6.07, 6.45) is 3.96. The van der Waals surface area contributed by atoms with Crippen LogP contribution in [0.3, 0.4) is 0 Å². The molecule has 0 saturated carbocycles. The molecule has 4 aromatic heterocycles. The highest BCUT2D eigenvalue weighted by Gasteiger charge is 2.45. The molecule has 0 spiro atoms.